The molecule has 0 spiro atoms. The van der Waals surface area contributed by atoms with Crippen LogP contribution in [-0.4, -0.2) is 89.0 Å². The summed E-state index contributed by atoms with van der Waals surface area (Å²) in [4.78, 5) is 16.1. The average molecular weight is 681 g/mol. The minimum absolute atomic E-state index is 0.0102. The summed E-state index contributed by atoms with van der Waals surface area (Å²) in [6, 6.07) is 2.82. The van der Waals surface area contributed by atoms with Crippen molar-refractivity contribution in [2.75, 3.05) is 43.4 Å². The van der Waals surface area contributed by atoms with Crippen molar-refractivity contribution in [2.45, 2.75) is 62.1 Å². The highest BCUT2D eigenvalue weighted by molar-refractivity contribution is 6.04. The maximum atomic E-state index is 16.9. The minimum atomic E-state index is -5.31. The molecule has 16 heteroatoms. The molecule has 2 N–H and O–H groups in total. The monoisotopic (exact) mass is 680 g/mol. The summed E-state index contributed by atoms with van der Waals surface area (Å²) in [5.41, 5.74) is 3.23. The van der Waals surface area contributed by atoms with Gasteiger partial charge in [-0.1, -0.05) is 6.07 Å². The van der Waals surface area contributed by atoms with E-state index in [1.54, 1.807) is 9.80 Å². The number of nitrogens with two attached hydrogens (primary N) is 1. The molecule has 4 aromatic rings. The van der Waals surface area contributed by atoms with Crippen LogP contribution in [0.25, 0.3) is 32.9 Å². The molecule has 48 heavy (non-hydrogen) atoms. The molecule has 4 aliphatic rings. The Labute approximate surface area is 271 Å². The number of hydrogen-bond donors (Lipinski definition) is 1. The Bertz CT molecular complexity index is 2030. The van der Waals surface area contributed by atoms with E-state index in [0.717, 1.165) is 24.4 Å². The molecule has 0 radical (unpaired) electrons. The topological polar surface area (TPSA) is 98.9 Å². The van der Waals surface area contributed by atoms with Crippen molar-refractivity contribution in [3.63, 3.8) is 0 Å². The first-order valence-electron chi connectivity index (χ1n) is 16.4. The molecule has 9 nitrogen and oxygen atoms in total. The van der Waals surface area contributed by atoms with Crippen molar-refractivity contribution in [1.29, 1.82) is 0 Å². The minimum Gasteiger partial charge on any atom is -0.461 e. The maximum Gasteiger partial charge on any atom is 0.573 e. The van der Waals surface area contributed by atoms with Crippen LogP contribution in [0.15, 0.2) is 30.5 Å². The third-order valence-corrected chi connectivity index (χ3v) is 9.42. The van der Waals surface area contributed by atoms with Crippen LogP contribution in [-0.2, 0) is 4.74 Å². The van der Waals surface area contributed by atoms with Gasteiger partial charge in [0.05, 0.1) is 19.7 Å². The zero-order chi connectivity index (χ0) is 35.3. The van der Waals surface area contributed by atoms with Gasteiger partial charge in [-0.05, 0) is 49.4 Å². The number of anilines is 2. The Balaban J connectivity index is 1.32. The maximum absolute atomic E-state index is 16.9. The first-order valence-corrected chi connectivity index (χ1v) is 15.4. The quantitative estimate of drug-likeness (QED) is 0.198. The first-order chi connectivity index (χ1) is 23.7. The molecule has 2 aromatic heterocycles. The fourth-order valence-corrected chi connectivity index (χ4v) is 7.33. The van der Waals surface area contributed by atoms with Crippen molar-refractivity contribution in [2.24, 2.45) is 0 Å². The summed E-state index contributed by atoms with van der Waals surface area (Å²) in [7, 11) is 0. The fourth-order valence-electron chi connectivity index (χ4n) is 7.33. The van der Waals surface area contributed by atoms with Crippen molar-refractivity contribution in [3.05, 3.63) is 42.1 Å². The molecule has 0 amide bonds. The number of ether oxygens (including phenoxy) is 3. The molecule has 4 fully saturated rings. The molecule has 0 bridgehead atoms. The zero-order valence-corrected chi connectivity index (χ0v) is 25.0. The molecule has 1 aliphatic carbocycles. The normalized spacial score (nSPS) is 28.2. The molecule has 3 saturated heterocycles. The van der Waals surface area contributed by atoms with Gasteiger partial charge in [0.25, 0.3) is 0 Å². The van der Waals surface area contributed by atoms with Gasteiger partial charge in [-0.25, -0.2) is 17.6 Å². The highest BCUT2D eigenvalue weighted by Crippen LogP contribution is 2.45. The number of alkyl halides is 5. The SMILES string of the molecule is [2H]C([2H])(Oc1nc(N2CCCO[C@H]3[C@H](F)[C@H]32)c2cnc(-c3cc(N)cc4ccc(F)c(OC(F)(F)F)c34)c(F)c2n1)[C@@]12CCCN1C[C@H](F)C2. The lowest BCUT2D eigenvalue weighted by Crippen LogP contribution is -2.43. The summed E-state index contributed by atoms with van der Waals surface area (Å²) in [6.07, 6.45) is -6.51. The summed E-state index contributed by atoms with van der Waals surface area (Å²) >= 11 is 0. The molecule has 5 heterocycles. The molecule has 1 saturated carbocycles. The fraction of sp³-hybridized carbons (Fsp3) is 0.469. The molecular formula is C32H29F7N6O3. The van der Waals surface area contributed by atoms with Crippen molar-refractivity contribution >= 4 is 33.2 Å². The predicted octanol–water partition coefficient (Wildman–Crippen LogP) is 5.87. The lowest BCUT2D eigenvalue weighted by atomic mass is 9.95. The van der Waals surface area contributed by atoms with Crippen molar-refractivity contribution < 1.29 is 47.7 Å². The molecule has 8 rings (SSSR count). The van der Waals surface area contributed by atoms with Crippen LogP contribution >= 0.6 is 0 Å². The predicted molar refractivity (Wildman–Crippen MR) is 160 cm³/mol. The summed E-state index contributed by atoms with van der Waals surface area (Å²) in [5.74, 6) is -3.87. The Morgan fingerprint density at radius 1 is 1.12 bits per heavy atom. The third kappa shape index (κ3) is 5.19. The number of rotatable bonds is 6. The van der Waals surface area contributed by atoms with E-state index >= 15 is 4.39 Å². The highest BCUT2D eigenvalue weighted by Gasteiger charge is 2.58. The summed E-state index contributed by atoms with van der Waals surface area (Å²) in [5, 5.41) is -0.531. The number of hydrogen-bond acceptors (Lipinski definition) is 9. The van der Waals surface area contributed by atoms with Gasteiger partial charge in [0.1, 0.15) is 35.9 Å². The number of benzene rings is 2. The third-order valence-electron chi connectivity index (χ3n) is 9.42. The van der Waals surface area contributed by atoms with Crippen LogP contribution in [0.5, 0.6) is 11.8 Å². The molecule has 3 aliphatic heterocycles. The smallest absolute Gasteiger partial charge is 0.461 e. The van der Waals surface area contributed by atoms with E-state index < -0.39 is 82.9 Å². The van der Waals surface area contributed by atoms with Crippen LogP contribution in [0.2, 0.25) is 0 Å². The van der Waals surface area contributed by atoms with E-state index in [4.69, 9.17) is 17.9 Å². The lowest BCUT2D eigenvalue weighted by molar-refractivity contribution is -0.275. The van der Waals surface area contributed by atoms with Gasteiger partial charge in [-0.15, -0.1) is 13.2 Å². The highest BCUT2D eigenvalue weighted by atomic mass is 19.4. The van der Waals surface area contributed by atoms with E-state index in [1.165, 1.54) is 6.07 Å². The Hall–Kier alpha value is -4.18. The summed E-state index contributed by atoms with van der Waals surface area (Å²) < 4.78 is 135. The zero-order valence-electron chi connectivity index (χ0n) is 27.0. The lowest BCUT2D eigenvalue weighted by Gasteiger charge is -2.31. The van der Waals surface area contributed by atoms with E-state index in [9.17, 15) is 26.3 Å². The van der Waals surface area contributed by atoms with Crippen molar-refractivity contribution in [1.82, 2.24) is 19.9 Å². The van der Waals surface area contributed by atoms with Crippen LogP contribution < -0.4 is 20.1 Å². The number of nitrogens with zero attached hydrogens (tertiary/aromatic N) is 5. The number of aromatic nitrogens is 3. The Morgan fingerprint density at radius 2 is 1.96 bits per heavy atom. The standard InChI is InChI=1S/C32H29F7N6O3/c33-16-11-31(5-1-6-44(31)13-16)14-47-30-42-25-19(29(43-30)45-7-2-8-46-28-23(36)26(28)45)12-41-24(22(25)35)18-10-17(40)9-15-3-4-20(34)27(21(15)18)48-32(37,38)39/h3-4,9-10,12,16,23,26,28H,1-2,5-8,11,13-14,40H2/t16-,23-,26-,28+,31+/m1/s1/i14D2. The van der Waals surface area contributed by atoms with Gasteiger partial charge >= 0.3 is 12.4 Å². The Morgan fingerprint density at radius 3 is 2.77 bits per heavy atom. The van der Waals surface area contributed by atoms with Crippen LogP contribution in [0.3, 0.4) is 0 Å². The van der Waals surface area contributed by atoms with Crippen LogP contribution in [0.1, 0.15) is 28.4 Å². The van der Waals surface area contributed by atoms with Crippen LogP contribution in [0, 0.1) is 11.6 Å². The van der Waals surface area contributed by atoms with Gasteiger partial charge in [0, 0.05) is 49.0 Å². The molecule has 2 aromatic carbocycles. The van der Waals surface area contributed by atoms with Gasteiger partial charge in [-0.3, -0.25) is 9.88 Å². The van der Waals surface area contributed by atoms with Gasteiger partial charge in [0.2, 0.25) is 0 Å². The van der Waals surface area contributed by atoms with E-state index in [1.807, 2.05) is 0 Å². The average Bonchev–Trinajstić information content (AvgIpc) is 3.39. The number of nitrogen functional groups attached to an aromatic ring is 1. The molecule has 0 unspecified atom stereocenters. The second kappa shape index (κ2) is 11.2. The molecule has 254 valence electrons. The molecule has 5 atom stereocenters. The van der Waals surface area contributed by atoms with Gasteiger partial charge in [0.15, 0.2) is 23.6 Å². The van der Waals surface area contributed by atoms with E-state index in [-0.39, 0.29) is 60.4 Å². The Kier molecular flexibility index (Phi) is 6.71. The van der Waals surface area contributed by atoms with Gasteiger partial charge < -0.3 is 24.8 Å². The number of pyridine rings is 1. The van der Waals surface area contributed by atoms with Crippen LogP contribution in [0.4, 0.5) is 42.2 Å². The van der Waals surface area contributed by atoms with Crippen molar-refractivity contribution in [3.8, 4) is 23.0 Å². The number of fused-ring (bicyclic) bond motifs is 4. The van der Waals surface area contributed by atoms with Gasteiger partial charge in [-0.2, -0.15) is 9.97 Å². The van der Waals surface area contributed by atoms with E-state index in [0.29, 0.717) is 19.4 Å². The second-order valence-electron chi connectivity index (χ2n) is 12.5. The van der Waals surface area contributed by atoms with E-state index in [2.05, 4.69) is 19.7 Å². The second-order valence-corrected chi connectivity index (χ2v) is 12.5. The number of halogens is 7. The largest absolute Gasteiger partial charge is 0.573 e. The summed E-state index contributed by atoms with van der Waals surface area (Å²) in [6.45, 7) is -1.66. The molecular weight excluding hydrogens is 649 g/mol. The first kappa shape index (κ1) is 28.8.